The summed E-state index contributed by atoms with van der Waals surface area (Å²) in [5.41, 5.74) is 2.81. The first-order valence-electron chi connectivity index (χ1n) is 7.82. The van der Waals surface area contributed by atoms with E-state index in [-0.39, 0.29) is 24.9 Å². The smallest absolute Gasteiger partial charge is 0.310 e. The molecule has 3 rings (SSSR count). The number of aromatic nitrogens is 2. The number of carbonyl (C=O) groups excluding carboxylic acids is 1. The SMILES string of the molecule is COc1cccc(-c2noc(COC(=O)Cc3ccc(C)cc3)n2)c1. The summed E-state index contributed by atoms with van der Waals surface area (Å²) in [6, 6.07) is 15.1. The van der Waals surface area contributed by atoms with Gasteiger partial charge in [-0.25, -0.2) is 0 Å². The van der Waals surface area contributed by atoms with Gasteiger partial charge in [0.1, 0.15) is 5.75 Å². The number of rotatable bonds is 6. The minimum atomic E-state index is -0.343. The predicted octanol–water partition coefficient (Wildman–Crippen LogP) is 3.34. The zero-order valence-corrected chi connectivity index (χ0v) is 14.1. The second-order valence-electron chi connectivity index (χ2n) is 5.57. The highest BCUT2D eigenvalue weighted by Gasteiger charge is 2.12. The molecule has 0 aliphatic carbocycles. The van der Waals surface area contributed by atoms with Crippen molar-refractivity contribution >= 4 is 5.97 Å². The van der Waals surface area contributed by atoms with E-state index < -0.39 is 0 Å². The Balaban J connectivity index is 1.57. The fourth-order valence-electron chi connectivity index (χ4n) is 2.26. The number of benzene rings is 2. The molecule has 0 bridgehead atoms. The normalized spacial score (nSPS) is 10.5. The van der Waals surface area contributed by atoms with Gasteiger partial charge >= 0.3 is 5.97 Å². The summed E-state index contributed by atoms with van der Waals surface area (Å²) in [5.74, 6) is 1.02. The second kappa shape index (κ2) is 7.61. The van der Waals surface area contributed by atoms with Crippen molar-refractivity contribution in [3.8, 4) is 17.1 Å². The van der Waals surface area contributed by atoms with Crippen molar-refractivity contribution in [2.75, 3.05) is 7.11 Å². The monoisotopic (exact) mass is 338 g/mol. The third kappa shape index (κ3) is 4.44. The maximum Gasteiger partial charge on any atom is 0.310 e. The van der Waals surface area contributed by atoms with Crippen LogP contribution in [-0.2, 0) is 22.6 Å². The molecular formula is C19H18N2O4. The van der Waals surface area contributed by atoms with Crippen LogP contribution in [0.5, 0.6) is 5.75 Å². The molecule has 2 aromatic carbocycles. The van der Waals surface area contributed by atoms with Crippen LogP contribution < -0.4 is 4.74 Å². The molecule has 0 radical (unpaired) electrons. The van der Waals surface area contributed by atoms with Gasteiger partial charge in [0.25, 0.3) is 5.89 Å². The summed E-state index contributed by atoms with van der Waals surface area (Å²) in [5, 5.41) is 3.90. The lowest BCUT2D eigenvalue weighted by Crippen LogP contribution is -2.08. The molecule has 6 nitrogen and oxygen atoms in total. The zero-order chi connectivity index (χ0) is 17.6. The summed E-state index contributed by atoms with van der Waals surface area (Å²) in [7, 11) is 1.59. The first-order valence-corrected chi connectivity index (χ1v) is 7.82. The lowest BCUT2D eigenvalue weighted by atomic mass is 10.1. The first-order chi connectivity index (χ1) is 12.1. The molecule has 3 aromatic rings. The van der Waals surface area contributed by atoms with Gasteiger partial charge in [0.05, 0.1) is 13.5 Å². The topological polar surface area (TPSA) is 74.5 Å². The van der Waals surface area contributed by atoms with Crippen LogP contribution >= 0.6 is 0 Å². The van der Waals surface area contributed by atoms with Gasteiger partial charge in [-0.2, -0.15) is 4.98 Å². The van der Waals surface area contributed by atoms with Crippen LogP contribution in [0.15, 0.2) is 53.1 Å². The number of aryl methyl sites for hydroxylation is 1. The van der Waals surface area contributed by atoms with E-state index in [9.17, 15) is 4.79 Å². The lowest BCUT2D eigenvalue weighted by Gasteiger charge is -2.02. The molecule has 0 aliphatic rings. The quantitative estimate of drug-likeness (QED) is 0.642. The highest BCUT2D eigenvalue weighted by molar-refractivity contribution is 5.72. The number of hydrogen-bond acceptors (Lipinski definition) is 6. The standard InChI is InChI=1S/C19H18N2O4/c1-13-6-8-14(9-7-13)10-18(22)24-12-17-20-19(21-25-17)15-4-3-5-16(11-15)23-2/h3-9,11H,10,12H2,1-2H3. The zero-order valence-electron chi connectivity index (χ0n) is 14.1. The summed E-state index contributed by atoms with van der Waals surface area (Å²) >= 11 is 0. The van der Waals surface area contributed by atoms with Crippen molar-refractivity contribution in [1.82, 2.24) is 10.1 Å². The Morgan fingerprint density at radius 3 is 2.72 bits per heavy atom. The molecular weight excluding hydrogens is 320 g/mol. The molecule has 0 fully saturated rings. The molecule has 1 aromatic heterocycles. The van der Waals surface area contributed by atoms with Crippen LogP contribution in [0.1, 0.15) is 17.0 Å². The molecule has 0 unspecified atom stereocenters. The van der Waals surface area contributed by atoms with E-state index in [2.05, 4.69) is 10.1 Å². The molecule has 0 N–H and O–H groups in total. The molecule has 1 heterocycles. The molecule has 0 saturated carbocycles. The van der Waals surface area contributed by atoms with Gasteiger partial charge in [0, 0.05) is 5.56 Å². The van der Waals surface area contributed by atoms with Crippen molar-refractivity contribution in [1.29, 1.82) is 0 Å². The van der Waals surface area contributed by atoms with E-state index in [1.807, 2.05) is 49.4 Å². The average molecular weight is 338 g/mol. The van der Waals surface area contributed by atoms with E-state index >= 15 is 0 Å². The third-order valence-corrected chi connectivity index (χ3v) is 3.62. The van der Waals surface area contributed by atoms with Gasteiger partial charge in [0.2, 0.25) is 5.82 Å². The molecule has 6 heteroatoms. The number of hydrogen-bond donors (Lipinski definition) is 0. The Morgan fingerprint density at radius 2 is 1.96 bits per heavy atom. The minimum Gasteiger partial charge on any atom is -0.497 e. The van der Waals surface area contributed by atoms with Crippen LogP contribution in [0.3, 0.4) is 0 Å². The van der Waals surface area contributed by atoms with Crippen LogP contribution in [-0.4, -0.2) is 23.2 Å². The Hall–Kier alpha value is -3.15. The maximum absolute atomic E-state index is 11.9. The number of methoxy groups -OCH3 is 1. The average Bonchev–Trinajstić information content (AvgIpc) is 3.11. The molecule has 128 valence electrons. The maximum atomic E-state index is 11.9. The number of nitrogens with zero attached hydrogens (tertiary/aromatic N) is 2. The summed E-state index contributed by atoms with van der Waals surface area (Å²) in [4.78, 5) is 16.1. The van der Waals surface area contributed by atoms with Gasteiger partial charge in [-0.1, -0.05) is 47.1 Å². The van der Waals surface area contributed by atoms with Crippen LogP contribution in [0.25, 0.3) is 11.4 Å². The van der Waals surface area contributed by atoms with Gasteiger partial charge in [-0.05, 0) is 24.6 Å². The lowest BCUT2D eigenvalue weighted by molar-refractivity contribution is -0.144. The third-order valence-electron chi connectivity index (χ3n) is 3.62. The Bertz CT molecular complexity index is 856. The van der Waals surface area contributed by atoms with Crippen molar-refractivity contribution in [3.63, 3.8) is 0 Å². The van der Waals surface area contributed by atoms with E-state index in [0.29, 0.717) is 11.6 Å². The van der Waals surface area contributed by atoms with Crippen molar-refractivity contribution < 1.29 is 18.8 Å². The Morgan fingerprint density at radius 1 is 1.16 bits per heavy atom. The molecule has 0 atom stereocenters. The number of carbonyl (C=O) groups is 1. The van der Waals surface area contributed by atoms with Gasteiger partial charge in [-0.15, -0.1) is 0 Å². The minimum absolute atomic E-state index is 0.0539. The van der Waals surface area contributed by atoms with Crippen LogP contribution in [0.2, 0.25) is 0 Å². The molecule has 25 heavy (non-hydrogen) atoms. The van der Waals surface area contributed by atoms with E-state index in [0.717, 1.165) is 16.7 Å². The van der Waals surface area contributed by atoms with Crippen LogP contribution in [0, 0.1) is 6.92 Å². The summed E-state index contributed by atoms with van der Waals surface area (Å²) in [6.07, 6.45) is 0.206. The fraction of sp³-hybridized carbons (Fsp3) is 0.211. The summed E-state index contributed by atoms with van der Waals surface area (Å²) < 4.78 is 15.5. The van der Waals surface area contributed by atoms with Gasteiger partial charge < -0.3 is 14.0 Å². The highest BCUT2D eigenvalue weighted by atomic mass is 16.6. The molecule has 0 spiro atoms. The van der Waals surface area contributed by atoms with E-state index in [1.165, 1.54) is 0 Å². The van der Waals surface area contributed by atoms with E-state index in [4.69, 9.17) is 14.0 Å². The Labute approximate surface area is 145 Å². The van der Waals surface area contributed by atoms with Gasteiger partial charge in [-0.3, -0.25) is 4.79 Å². The fourth-order valence-corrected chi connectivity index (χ4v) is 2.26. The number of esters is 1. The van der Waals surface area contributed by atoms with Crippen molar-refractivity contribution in [2.24, 2.45) is 0 Å². The second-order valence-corrected chi connectivity index (χ2v) is 5.57. The number of ether oxygens (including phenoxy) is 2. The summed E-state index contributed by atoms with van der Waals surface area (Å²) in [6.45, 7) is 1.94. The van der Waals surface area contributed by atoms with E-state index in [1.54, 1.807) is 13.2 Å². The molecule has 0 amide bonds. The predicted molar refractivity (Wildman–Crippen MR) is 91.0 cm³/mol. The van der Waals surface area contributed by atoms with Crippen molar-refractivity contribution in [2.45, 2.75) is 20.0 Å². The Kier molecular flexibility index (Phi) is 5.09. The largest absolute Gasteiger partial charge is 0.497 e. The molecule has 0 aliphatic heterocycles. The van der Waals surface area contributed by atoms with Crippen molar-refractivity contribution in [3.05, 3.63) is 65.5 Å². The van der Waals surface area contributed by atoms with Gasteiger partial charge in [0.15, 0.2) is 6.61 Å². The highest BCUT2D eigenvalue weighted by Crippen LogP contribution is 2.21. The first kappa shape index (κ1) is 16.7. The van der Waals surface area contributed by atoms with Crippen LogP contribution in [0.4, 0.5) is 0 Å². The molecule has 0 saturated heterocycles.